The van der Waals surface area contributed by atoms with E-state index in [1.165, 1.54) is 0 Å². The molecule has 1 atom stereocenters. The Bertz CT molecular complexity index is 739. The van der Waals surface area contributed by atoms with Crippen molar-refractivity contribution in [1.29, 1.82) is 0 Å². The van der Waals surface area contributed by atoms with E-state index in [9.17, 15) is 9.59 Å². The third-order valence-corrected chi connectivity index (χ3v) is 5.67. The molecule has 0 N–H and O–H groups in total. The van der Waals surface area contributed by atoms with Gasteiger partial charge >= 0.3 is 0 Å². The number of halogens is 1. The predicted molar refractivity (Wildman–Crippen MR) is 90.7 cm³/mol. The van der Waals surface area contributed by atoms with Crippen molar-refractivity contribution in [3.63, 3.8) is 0 Å². The monoisotopic (exact) mass is 409 g/mol. The lowest BCUT2D eigenvalue weighted by Crippen LogP contribution is -2.46. The standard InChI is InChI=1S/C17H16INO3/c1-19-13-6-5-10(18)7-12(13)17(16(19)21)8-11-14(20)3-2-4-15(11)22-9-17/h5-7H,2-4,8-9H2,1H3/t17-/m1/s1. The number of nitrogens with zero attached hydrogens (tertiary/aromatic N) is 1. The van der Waals surface area contributed by atoms with Gasteiger partial charge in [0, 0.05) is 41.1 Å². The molecule has 2 heterocycles. The number of carbonyl (C=O) groups excluding carboxylic acids is 2. The number of hydrogen-bond acceptors (Lipinski definition) is 3. The molecule has 5 heteroatoms. The van der Waals surface area contributed by atoms with Crippen LogP contribution in [0.1, 0.15) is 31.2 Å². The van der Waals surface area contributed by atoms with Crippen molar-refractivity contribution in [3.8, 4) is 0 Å². The molecule has 0 fully saturated rings. The van der Waals surface area contributed by atoms with Crippen LogP contribution in [0.25, 0.3) is 0 Å². The minimum Gasteiger partial charge on any atom is -0.496 e. The summed E-state index contributed by atoms with van der Waals surface area (Å²) in [5.74, 6) is 1.00. The Balaban J connectivity index is 1.86. The van der Waals surface area contributed by atoms with Gasteiger partial charge in [0.05, 0.1) is 0 Å². The van der Waals surface area contributed by atoms with E-state index in [1.807, 2.05) is 12.1 Å². The molecule has 0 saturated carbocycles. The normalized spacial score (nSPS) is 27.1. The second-order valence-electron chi connectivity index (χ2n) is 6.25. The molecule has 1 aromatic carbocycles. The predicted octanol–water partition coefficient (Wildman–Crippen LogP) is 2.93. The smallest absolute Gasteiger partial charge is 0.241 e. The van der Waals surface area contributed by atoms with Crippen molar-refractivity contribution >= 4 is 40.0 Å². The lowest BCUT2D eigenvalue weighted by Gasteiger charge is -2.36. The topological polar surface area (TPSA) is 46.6 Å². The number of hydrogen-bond donors (Lipinski definition) is 0. The summed E-state index contributed by atoms with van der Waals surface area (Å²) in [6, 6.07) is 6.04. The molecule has 4 nitrogen and oxygen atoms in total. The maximum absolute atomic E-state index is 12.9. The zero-order valence-corrected chi connectivity index (χ0v) is 14.5. The summed E-state index contributed by atoms with van der Waals surface area (Å²) in [6.45, 7) is 0.343. The number of fused-ring (bicyclic) bond motifs is 2. The third kappa shape index (κ3) is 1.81. The molecule has 0 aromatic heterocycles. The molecule has 1 amide bonds. The molecule has 1 aromatic rings. The third-order valence-electron chi connectivity index (χ3n) is 5.00. The Morgan fingerprint density at radius 2 is 2.09 bits per heavy atom. The fraction of sp³-hybridized carbons (Fsp3) is 0.412. The van der Waals surface area contributed by atoms with Gasteiger partial charge in [0.15, 0.2) is 5.78 Å². The van der Waals surface area contributed by atoms with Crippen LogP contribution in [-0.2, 0) is 19.7 Å². The van der Waals surface area contributed by atoms with E-state index in [2.05, 4.69) is 28.7 Å². The number of ketones is 1. The molecular formula is C17H16INO3. The van der Waals surface area contributed by atoms with Crippen LogP contribution in [0.5, 0.6) is 0 Å². The van der Waals surface area contributed by atoms with E-state index in [-0.39, 0.29) is 11.7 Å². The van der Waals surface area contributed by atoms with Gasteiger partial charge in [-0.25, -0.2) is 0 Å². The van der Waals surface area contributed by atoms with Gasteiger partial charge in [0.2, 0.25) is 5.91 Å². The highest BCUT2D eigenvalue weighted by Gasteiger charge is 2.53. The van der Waals surface area contributed by atoms with E-state index < -0.39 is 5.41 Å². The van der Waals surface area contributed by atoms with Gasteiger partial charge in [-0.15, -0.1) is 0 Å². The van der Waals surface area contributed by atoms with Crippen LogP contribution < -0.4 is 4.90 Å². The van der Waals surface area contributed by atoms with Crippen LogP contribution in [0.4, 0.5) is 5.69 Å². The largest absolute Gasteiger partial charge is 0.496 e. The molecule has 0 saturated heterocycles. The van der Waals surface area contributed by atoms with Crippen LogP contribution >= 0.6 is 22.6 Å². The van der Waals surface area contributed by atoms with Crippen LogP contribution in [0.3, 0.4) is 0 Å². The molecule has 4 rings (SSSR count). The second-order valence-corrected chi connectivity index (χ2v) is 7.50. The summed E-state index contributed by atoms with van der Waals surface area (Å²) in [5.41, 5.74) is 1.95. The van der Waals surface area contributed by atoms with Crippen molar-refractivity contribution in [2.24, 2.45) is 0 Å². The molecule has 1 spiro atoms. The molecule has 0 bridgehead atoms. The first-order chi connectivity index (χ1) is 10.5. The zero-order valence-electron chi connectivity index (χ0n) is 12.3. The minimum atomic E-state index is -0.725. The number of anilines is 1. The van der Waals surface area contributed by atoms with Crippen molar-refractivity contribution in [3.05, 3.63) is 38.7 Å². The maximum atomic E-state index is 12.9. The molecule has 0 radical (unpaired) electrons. The van der Waals surface area contributed by atoms with E-state index in [0.29, 0.717) is 19.4 Å². The average molecular weight is 409 g/mol. The summed E-state index contributed by atoms with van der Waals surface area (Å²) >= 11 is 2.26. The van der Waals surface area contributed by atoms with Gasteiger partial charge in [0.1, 0.15) is 17.8 Å². The number of rotatable bonds is 0. The van der Waals surface area contributed by atoms with Crippen LogP contribution in [0, 0.1) is 3.57 Å². The molecule has 3 aliphatic rings. The van der Waals surface area contributed by atoms with Gasteiger partial charge < -0.3 is 9.64 Å². The Kier molecular flexibility index (Phi) is 3.11. The molecule has 0 unspecified atom stereocenters. The lowest BCUT2D eigenvalue weighted by molar-refractivity contribution is -0.126. The second kappa shape index (κ2) is 4.81. The summed E-state index contributed by atoms with van der Waals surface area (Å²) in [5, 5.41) is 0. The molecule has 114 valence electrons. The number of allylic oxidation sites excluding steroid dienone is 2. The highest BCUT2D eigenvalue weighted by atomic mass is 127. The van der Waals surface area contributed by atoms with E-state index >= 15 is 0 Å². The highest BCUT2D eigenvalue weighted by Crippen LogP contribution is 2.49. The summed E-state index contributed by atoms with van der Waals surface area (Å²) < 4.78 is 7.01. The fourth-order valence-corrected chi connectivity index (χ4v) is 4.32. The SMILES string of the molecule is CN1C(=O)[C@]2(COC3=C(C2)C(=O)CCC3)c2cc(I)ccc21. The van der Waals surface area contributed by atoms with E-state index in [1.54, 1.807) is 11.9 Å². The van der Waals surface area contributed by atoms with Crippen molar-refractivity contribution in [2.45, 2.75) is 31.1 Å². The lowest BCUT2D eigenvalue weighted by atomic mass is 9.73. The van der Waals surface area contributed by atoms with E-state index in [4.69, 9.17) is 4.74 Å². The fourth-order valence-electron chi connectivity index (χ4n) is 3.83. The van der Waals surface area contributed by atoms with Crippen LogP contribution in [0.2, 0.25) is 0 Å². The van der Waals surface area contributed by atoms with Gasteiger partial charge in [-0.2, -0.15) is 0 Å². The molecule has 1 aliphatic carbocycles. The number of benzene rings is 1. The minimum absolute atomic E-state index is 0.0365. The van der Waals surface area contributed by atoms with Gasteiger partial charge in [-0.3, -0.25) is 9.59 Å². The molecular weight excluding hydrogens is 393 g/mol. The first-order valence-electron chi connectivity index (χ1n) is 7.49. The zero-order chi connectivity index (χ0) is 15.5. The highest BCUT2D eigenvalue weighted by molar-refractivity contribution is 14.1. The van der Waals surface area contributed by atoms with Crippen LogP contribution in [0.15, 0.2) is 29.5 Å². The Hall–Kier alpha value is -1.37. The summed E-state index contributed by atoms with van der Waals surface area (Å²) in [7, 11) is 1.80. The molecule has 22 heavy (non-hydrogen) atoms. The Labute approximate surface area is 142 Å². The van der Waals surface area contributed by atoms with Crippen molar-refractivity contribution in [2.75, 3.05) is 18.6 Å². The van der Waals surface area contributed by atoms with Crippen molar-refractivity contribution in [1.82, 2.24) is 0 Å². The quantitative estimate of drug-likeness (QED) is 0.620. The van der Waals surface area contributed by atoms with Crippen molar-refractivity contribution < 1.29 is 14.3 Å². The Morgan fingerprint density at radius 1 is 1.27 bits per heavy atom. The van der Waals surface area contributed by atoms with Crippen LogP contribution in [-0.4, -0.2) is 25.3 Å². The average Bonchev–Trinajstić information content (AvgIpc) is 2.71. The van der Waals surface area contributed by atoms with Gasteiger partial charge in [0.25, 0.3) is 0 Å². The Morgan fingerprint density at radius 3 is 2.91 bits per heavy atom. The van der Waals surface area contributed by atoms with E-state index in [0.717, 1.165) is 39.0 Å². The maximum Gasteiger partial charge on any atom is 0.241 e. The number of Topliss-reactive ketones (excluding diaryl/α,β-unsaturated/α-hetero) is 1. The first-order valence-corrected chi connectivity index (χ1v) is 8.57. The summed E-state index contributed by atoms with van der Waals surface area (Å²) in [4.78, 5) is 26.9. The van der Waals surface area contributed by atoms with Gasteiger partial charge in [-0.05, 0) is 52.8 Å². The number of amides is 1. The number of ether oxygens (including phenoxy) is 1. The number of likely N-dealkylation sites (N-methyl/N-ethyl adjacent to an activating group) is 1. The molecule has 2 aliphatic heterocycles. The van der Waals surface area contributed by atoms with Gasteiger partial charge in [-0.1, -0.05) is 0 Å². The number of carbonyl (C=O) groups is 2. The first kappa shape index (κ1) is 14.2. The summed E-state index contributed by atoms with van der Waals surface area (Å²) in [6.07, 6.45) is 2.73.